The third-order valence-corrected chi connectivity index (χ3v) is 3.50. The summed E-state index contributed by atoms with van der Waals surface area (Å²) in [5.41, 5.74) is 1.96. The Bertz CT molecular complexity index is 672. The predicted molar refractivity (Wildman–Crippen MR) is 94.3 cm³/mol. The molecule has 128 valence electrons. The zero-order valence-corrected chi connectivity index (χ0v) is 14.3. The molecule has 6 heteroatoms. The Balaban J connectivity index is 2.05. The van der Waals surface area contributed by atoms with Gasteiger partial charge >= 0.3 is 0 Å². The Labute approximate surface area is 142 Å². The number of anilines is 2. The standard InChI is InChI=1S/C18H23N3O3/c1-4-5-10-19-18(22)16-8-6-13(12-20-16)21-15-9-7-14(23-2)11-17(15)24-3/h6-9,11-12,21H,4-5,10H2,1-3H3,(H,19,22). The second-order valence-electron chi connectivity index (χ2n) is 5.23. The van der Waals surface area contributed by atoms with Gasteiger partial charge in [-0.3, -0.25) is 4.79 Å². The van der Waals surface area contributed by atoms with Gasteiger partial charge in [0.05, 0.1) is 31.8 Å². The van der Waals surface area contributed by atoms with Crippen molar-refractivity contribution in [1.82, 2.24) is 10.3 Å². The van der Waals surface area contributed by atoms with Gasteiger partial charge in [-0.25, -0.2) is 4.98 Å². The molecule has 6 nitrogen and oxygen atoms in total. The molecule has 0 fully saturated rings. The number of unbranched alkanes of at least 4 members (excludes halogenated alkanes) is 1. The molecular formula is C18H23N3O3. The van der Waals surface area contributed by atoms with Gasteiger partial charge in [-0.1, -0.05) is 13.3 Å². The molecule has 0 saturated carbocycles. The first-order chi connectivity index (χ1) is 11.7. The molecule has 0 aliphatic rings. The summed E-state index contributed by atoms with van der Waals surface area (Å²) in [7, 11) is 3.21. The summed E-state index contributed by atoms with van der Waals surface area (Å²) in [5, 5.41) is 6.06. The van der Waals surface area contributed by atoms with Crippen LogP contribution in [0.15, 0.2) is 36.5 Å². The van der Waals surface area contributed by atoms with E-state index in [0.717, 1.165) is 30.0 Å². The molecule has 0 aliphatic heterocycles. The molecule has 2 rings (SSSR count). The molecule has 0 aliphatic carbocycles. The Morgan fingerprint density at radius 1 is 1.17 bits per heavy atom. The van der Waals surface area contributed by atoms with Crippen LogP contribution in [0.5, 0.6) is 11.5 Å². The Morgan fingerprint density at radius 3 is 2.62 bits per heavy atom. The average Bonchev–Trinajstić information content (AvgIpc) is 2.62. The van der Waals surface area contributed by atoms with Crippen molar-refractivity contribution in [2.75, 3.05) is 26.1 Å². The van der Waals surface area contributed by atoms with Gasteiger partial charge in [0.1, 0.15) is 17.2 Å². The number of amides is 1. The van der Waals surface area contributed by atoms with Gasteiger partial charge in [0.15, 0.2) is 0 Å². The van der Waals surface area contributed by atoms with Crippen molar-refractivity contribution in [3.8, 4) is 11.5 Å². The van der Waals surface area contributed by atoms with Crippen LogP contribution in [0.25, 0.3) is 0 Å². The number of rotatable bonds is 8. The molecule has 0 atom stereocenters. The molecule has 0 spiro atoms. The third-order valence-electron chi connectivity index (χ3n) is 3.50. The van der Waals surface area contributed by atoms with E-state index in [1.807, 2.05) is 18.2 Å². The van der Waals surface area contributed by atoms with Crippen LogP contribution in [-0.4, -0.2) is 31.7 Å². The van der Waals surface area contributed by atoms with Gasteiger partial charge in [-0.05, 0) is 30.7 Å². The molecule has 0 saturated heterocycles. The quantitative estimate of drug-likeness (QED) is 0.727. The van der Waals surface area contributed by atoms with Crippen molar-refractivity contribution in [2.24, 2.45) is 0 Å². The highest BCUT2D eigenvalue weighted by Crippen LogP contribution is 2.31. The van der Waals surface area contributed by atoms with Gasteiger partial charge in [-0.2, -0.15) is 0 Å². The van der Waals surface area contributed by atoms with Crippen LogP contribution in [0.4, 0.5) is 11.4 Å². The Morgan fingerprint density at radius 2 is 2.00 bits per heavy atom. The van der Waals surface area contributed by atoms with E-state index in [9.17, 15) is 4.79 Å². The monoisotopic (exact) mass is 329 g/mol. The van der Waals surface area contributed by atoms with Gasteiger partial charge < -0.3 is 20.1 Å². The van der Waals surface area contributed by atoms with E-state index < -0.39 is 0 Å². The molecule has 24 heavy (non-hydrogen) atoms. The molecule has 2 N–H and O–H groups in total. The number of carbonyl (C=O) groups excluding carboxylic acids is 1. The predicted octanol–water partition coefficient (Wildman–Crippen LogP) is 3.37. The number of methoxy groups -OCH3 is 2. The number of nitrogens with one attached hydrogen (secondary N) is 2. The summed E-state index contributed by atoms with van der Waals surface area (Å²) in [6.07, 6.45) is 3.63. The van der Waals surface area contributed by atoms with Crippen LogP contribution < -0.4 is 20.1 Å². The van der Waals surface area contributed by atoms with Gasteiger partial charge in [0, 0.05) is 12.6 Å². The number of benzene rings is 1. The molecule has 1 heterocycles. The largest absolute Gasteiger partial charge is 0.497 e. The fourth-order valence-electron chi connectivity index (χ4n) is 2.13. The summed E-state index contributed by atoms with van der Waals surface area (Å²) in [6.45, 7) is 2.75. The topological polar surface area (TPSA) is 72.5 Å². The highest BCUT2D eigenvalue weighted by molar-refractivity contribution is 5.92. The molecule has 0 bridgehead atoms. The summed E-state index contributed by atoms with van der Waals surface area (Å²) < 4.78 is 10.5. The molecular weight excluding hydrogens is 306 g/mol. The number of aromatic nitrogens is 1. The number of ether oxygens (including phenoxy) is 2. The van der Waals surface area contributed by atoms with E-state index in [1.54, 1.807) is 32.5 Å². The SMILES string of the molecule is CCCCNC(=O)c1ccc(Nc2ccc(OC)cc2OC)cn1. The third kappa shape index (κ3) is 4.62. The number of pyridine rings is 1. The maximum atomic E-state index is 11.9. The lowest BCUT2D eigenvalue weighted by Crippen LogP contribution is -2.25. The molecule has 1 aromatic heterocycles. The van der Waals surface area contributed by atoms with Crippen molar-refractivity contribution >= 4 is 17.3 Å². The van der Waals surface area contributed by atoms with Gasteiger partial charge in [0.25, 0.3) is 5.91 Å². The minimum absolute atomic E-state index is 0.156. The summed E-state index contributed by atoms with van der Waals surface area (Å²) in [4.78, 5) is 16.1. The first kappa shape index (κ1) is 17.6. The first-order valence-corrected chi connectivity index (χ1v) is 7.91. The number of nitrogens with zero attached hydrogens (tertiary/aromatic N) is 1. The Hall–Kier alpha value is -2.76. The van der Waals surface area contributed by atoms with Crippen LogP contribution >= 0.6 is 0 Å². The van der Waals surface area contributed by atoms with E-state index in [-0.39, 0.29) is 5.91 Å². The minimum atomic E-state index is -0.156. The molecule has 1 aromatic carbocycles. The van der Waals surface area contributed by atoms with Crippen molar-refractivity contribution in [2.45, 2.75) is 19.8 Å². The van der Waals surface area contributed by atoms with E-state index in [0.29, 0.717) is 18.0 Å². The van der Waals surface area contributed by atoms with Crippen molar-refractivity contribution < 1.29 is 14.3 Å². The number of hydrogen-bond donors (Lipinski definition) is 2. The first-order valence-electron chi connectivity index (χ1n) is 7.91. The fourth-order valence-corrected chi connectivity index (χ4v) is 2.13. The zero-order valence-electron chi connectivity index (χ0n) is 14.3. The lowest BCUT2D eigenvalue weighted by Gasteiger charge is -2.12. The van der Waals surface area contributed by atoms with Crippen LogP contribution in [0.3, 0.4) is 0 Å². The average molecular weight is 329 g/mol. The van der Waals surface area contributed by atoms with Crippen molar-refractivity contribution in [3.63, 3.8) is 0 Å². The van der Waals surface area contributed by atoms with Crippen LogP contribution in [0.1, 0.15) is 30.3 Å². The second kappa shape index (κ2) is 8.76. The zero-order chi connectivity index (χ0) is 17.4. The Kier molecular flexibility index (Phi) is 6.42. The lowest BCUT2D eigenvalue weighted by molar-refractivity contribution is 0.0948. The number of carbonyl (C=O) groups is 1. The molecule has 1 amide bonds. The minimum Gasteiger partial charge on any atom is -0.497 e. The fraction of sp³-hybridized carbons (Fsp3) is 0.333. The van der Waals surface area contributed by atoms with Crippen LogP contribution in [0.2, 0.25) is 0 Å². The van der Waals surface area contributed by atoms with Crippen molar-refractivity contribution in [1.29, 1.82) is 0 Å². The van der Waals surface area contributed by atoms with Crippen LogP contribution in [0, 0.1) is 0 Å². The van der Waals surface area contributed by atoms with E-state index in [2.05, 4.69) is 22.5 Å². The summed E-state index contributed by atoms with van der Waals surface area (Å²) in [5.74, 6) is 1.22. The normalized spacial score (nSPS) is 10.1. The highest BCUT2D eigenvalue weighted by atomic mass is 16.5. The maximum absolute atomic E-state index is 11.9. The smallest absolute Gasteiger partial charge is 0.269 e. The molecule has 0 radical (unpaired) electrons. The highest BCUT2D eigenvalue weighted by Gasteiger charge is 2.08. The second-order valence-corrected chi connectivity index (χ2v) is 5.23. The van der Waals surface area contributed by atoms with Gasteiger partial charge in [-0.15, -0.1) is 0 Å². The number of hydrogen-bond acceptors (Lipinski definition) is 5. The van der Waals surface area contributed by atoms with E-state index in [4.69, 9.17) is 9.47 Å². The van der Waals surface area contributed by atoms with Gasteiger partial charge in [0.2, 0.25) is 0 Å². The molecule has 2 aromatic rings. The lowest BCUT2D eigenvalue weighted by atomic mass is 10.2. The van der Waals surface area contributed by atoms with E-state index in [1.165, 1.54) is 0 Å². The van der Waals surface area contributed by atoms with Crippen LogP contribution in [-0.2, 0) is 0 Å². The van der Waals surface area contributed by atoms with E-state index >= 15 is 0 Å². The molecule has 0 unspecified atom stereocenters. The maximum Gasteiger partial charge on any atom is 0.269 e. The van der Waals surface area contributed by atoms with Crippen molar-refractivity contribution in [3.05, 3.63) is 42.2 Å². The summed E-state index contributed by atoms with van der Waals surface area (Å²) in [6, 6.07) is 9.01. The summed E-state index contributed by atoms with van der Waals surface area (Å²) >= 11 is 0.